The summed E-state index contributed by atoms with van der Waals surface area (Å²) in [5.41, 5.74) is 1.49. The van der Waals surface area contributed by atoms with Gasteiger partial charge >= 0.3 is 8.80 Å². The monoisotopic (exact) mass is 685 g/mol. The van der Waals surface area contributed by atoms with Crippen LogP contribution in [0.1, 0.15) is 27.2 Å². The zero-order valence-corrected chi connectivity index (χ0v) is 27.9. The number of hydrogen-bond donors (Lipinski definition) is 4. The minimum absolute atomic E-state index is 0.0419. The molecular weight excluding hydrogens is 647 g/mol. The van der Waals surface area contributed by atoms with Crippen molar-refractivity contribution in [2.75, 3.05) is 44.9 Å². The second-order valence-electron chi connectivity index (χ2n) is 9.72. The normalized spacial score (nSPS) is 13.5. The fourth-order valence-corrected chi connectivity index (χ4v) is 8.32. The molecule has 0 saturated carbocycles. The van der Waals surface area contributed by atoms with Crippen LogP contribution >= 0.6 is 0 Å². The topological polar surface area (TPSA) is 203 Å². The highest BCUT2D eigenvalue weighted by molar-refractivity contribution is 7.86. The summed E-state index contributed by atoms with van der Waals surface area (Å²) in [7, 11) is -12.2. The molecule has 0 aliphatic carbocycles. The Morgan fingerprint density at radius 3 is 2.00 bits per heavy atom. The Hall–Kier alpha value is -2.84. The van der Waals surface area contributed by atoms with E-state index in [9.17, 15) is 31.0 Å². The van der Waals surface area contributed by atoms with Crippen LogP contribution in [0.4, 0.5) is 17.1 Å². The van der Waals surface area contributed by atoms with Gasteiger partial charge in [-0.25, -0.2) is 0 Å². The zero-order valence-electron chi connectivity index (χ0n) is 25.2. The molecule has 1 atom stereocenters. The fourth-order valence-electron chi connectivity index (χ4n) is 4.39. The van der Waals surface area contributed by atoms with Gasteiger partial charge in [0.2, 0.25) is 0 Å². The molecule has 0 aliphatic heterocycles. The summed E-state index contributed by atoms with van der Waals surface area (Å²) >= 11 is 0. The van der Waals surface area contributed by atoms with E-state index in [1.165, 1.54) is 18.2 Å². The highest BCUT2D eigenvalue weighted by atomic mass is 32.2. The molecular formula is C28H39N3O11S2Si. The van der Waals surface area contributed by atoms with Gasteiger partial charge in [0.15, 0.2) is 0 Å². The first-order chi connectivity index (χ1) is 21.3. The highest BCUT2D eigenvalue weighted by Crippen LogP contribution is 2.31. The Balaban J connectivity index is 1.53. The van der Waals surface area contributed by atoms with E-state index in [1.54, 1.807) is 24.3 Å². The van der Waals surface area contributed by atoms with Crippen molar-refractivity contribution >= 4 is 56.9 Å². The number of rotatable bonds is 19. The van der Waals surface area contributed by atoms with Gasteiger partial charge in [0.05, 0.1) is 29.0 Å². The molecule has 0 radical (unpaired) electrons. The summed E-state index contributed by atoms with van der Waals surface area (Å²) in [6.07, 6.45) is -0.0636. The van der Waals surface area contributed by atoms with Crippen LogP contribution in [0.5, 0.6) is 0 Å². The molecule has 0 aliphatic rings. The van der Waals surface area contributed by atoms with Crippen LogP contribution in [0.2, 0.25) is 6.04 Å². The first kappa shape index (κ1) is 36.6. The van der Waals surface area contributed by atoms with Gasteiger partial charge in [-0.05, 0) is 81.1 Å². The first-order valence-corrected chi connectivity index (χ1v) is 19.1. The third kappa shape index (κ3) is 11.2. The van der Waals surface area contributed by atoms with E-state index < -0.39 is 44.9 Å². The predicted octanol–water partition coefficient (Wildman–Crippen LogP) is 4.98. The van der Waals surface area contributed by atoms with E-state index in [0.29, 0.717) is 50.6 Å². The van der Waals surface area contributed by atoms with E-state index in [1.807, 2.05) is 20.8 Å². The number of aliphatic hydroxyl groups is 1. The number of ether oxygens (including phenoxy) is 1. The van der Waals surface area contributed by atoms with Gasteiger partial charge in [-0.2, -0.15) is 27.1 Å². The van der Waals surface area contributed by atoms with Crippen molar-refractivity contribution < 1.29 is 49.1 Å². The van der Waals surface area contributed by atoms with Gasteiger partial charge in [0.25, 0.3) is 20.2 Å². The third-order valence-electron chi connectivity index (χ3n) is 6.31. The molecule has 0 fully saturated rings. The minimum atomic E-state index is -4.78. The molecule has 3 rings (SSSR count). The first-order valence-electron chi connectivity index (χ1n) is 14.3. The van der Waals surface area contributed by atoms with Crippen LogP contribution in [0.15, 0.2) is 74.6 Å². The van der Waals surface area contributed by atoms with Crippen LogP contribution in [-0.2, 0) is 38.3 Å². The molecule has 3 aromatic rings. The van der Waals surface area contributed by atoms with Crippen molar-refractivity contribution in [1.82, 2.24) is 0 Å². The lowest BCUT2D eigenvalue weighted by molar-refractivity contribution is 0.0379. The van der Waals surface area contributed by atoms with E-state index in [2.05, 4.69) is 15.5 Å². The van der Waals surface area contributed by atoms with Crippen LogP contribution in [0, 0.1) is 0 Å². The number of hydrogen-bond acceptors (Lipinski definition) is 12. The molecule has 17 heteroatoms. The summed E-state index contributed by atoms with van der Waals surface area (Å²) in [5, 5.41) is 21.8. The quantitative estimate of drug-likeness (QED) is 0.0571. The zero-order chi connectivity index (χ0) is 33.1. The highest BCUT2D eigenvalue weighted by Gasteiger charge is 2.39. The maximum Gasteiger partial charge on any atom is 0.501 e. The van der Waals surface area contributed by atoms with E-state index in [-0.39, 0.29) is 29.6 Å². The Kier molecular flexibility index (Phi) is 13.5. The predicted molar refractivity (Wildman–Crippen MR) is 170 cm³/mol. The molecule has 14 nitrogen and oxygen atoms in total. The van der Waals surface area contributed by atoms with Gasteiger partial charge in [-0.15, -0.1) is 0 Å². The molecule has 0 spiro atoms. The maximum absolute atomic E-state index is 11.8. The third-order valence-corrected chi connectivity index (χ3v) is 11.2. The minimum Gasteiger partial charge on any atom is -0.389 e. The van der Waals surface area contributed by atoms with Crippen LogP contribution < -0.4 is 5.32 Å². The second-order valence-corrected chi connectivity index (χ2v) is 15.3. The van der Waals surface area contributed by atoms with Gasteiger partial charge in [0, 0.05) is 50.1 Å². The van der Waals surface area contributed by atoms with Crippen LogP contribution in [0.25, 0.3) is 10.8 Å². The molecule has 0 bridgehead atoms. The number of anilines is 1. The molecule has 0 heterocycles. The van der Waals surface area contributed by atoms with Crippen molar-refractivity contribution in [3.63, 3.8) is 0 Å². The summed E-state index contributed by atoms with van der Waals surface area (Å²) in [4.78, 5) is -1.36. The Labute approximate surface area is 264 Å². The summed E-state index contributed by atoms with van der Waals surface area (Å²) < 4.78 is 88.9. The Morgan fingerprint density at radius 1 is 0.822 bits per heavy atom. The van der Waals surface area contributed by atoms with Crippen molar-refractivity contribution in [2.45, 2.75) is 49.1 Å². The lowest BCUT2D eigenvalue weighted by Crippen LogP contribution is -2.46. The molecule has 4 N–H and O–H groups in total. The molecule has 45 heavy (non-hydrogen) atoms. The molecule has 0 aromatic heterocycles. The van der Waals surface area contributed by atoms with Crippen molar-refractivity contribution in [1.29, 1.82) is 0 Å². The van der Waals surface area contributed by atoms with E-state index in [0.717, 1.165) is 11.8 Å². The lowest BCUT2D eigenvalue weighted by atomic mass is 10.1. The average molecular weight is 686 g/mol. The Morgan fingerprint density at radius 2 is 1.42 bits per heavy atom. The summed E-state index contributed by atoms with van der Waals surface area (Å²) in [6.45, 7) is 8.09. The largest absolute Gasteiger partial charge is 0.501 e. The Bertz CT molecular complexity index is 1640. The van der Waals surface area contributed by atoms with Crippen LogP contribution in [0.3, 0.4) is 0 Å². The number of nitrogens with zero attached hydrogens (tertiary/aromatic N) is 2. The van der Waals surface area contributed by atoms with Crippen molar-refractivity contribution in [3.8, 4) is 0 Å². The van der Waals surface area contributed by atoms with Gasteiger partial charge in [0.1, 0.15) is 4.90 Å². The van der Waals surface area contributed by atoms with E-state index >= 15 is 0 Å². The number of aliphatic hydroxyl groups excluding tert-OH is 1. The number of benzene rings is 3. The number of azo groups is 1. The number of fused-ring (bicyclic) bond motifs is 1. The smallest absolute Gasteiger partial charge is 0.389 e. The van der Waals surface area contributed by atoms with Crippen LogP contribution in [-0.4, -0.2) is 85.5 Å². The molecule has 0 amide bonds. The maximum atomic E-state index is 11.8. The summed E-state index contributed by atoms with van der Waals surface area (Å²) in [5.74, 6) is 0. The van der Waals surface area contributed by atoms with Crippen molar-refractivity contribution in [2.24, 2.45) is 10.2 Å². The number of nitrogens with one attached hydrogen (secondary N) is 1. The molecule has 1 unspecified atom stereocenters. The fraction of sp³-hybridized carbons (Fsp3) is 0.429. The standard InChI is InChI=1S/C28H39N3O11S2Si/c1-4-40-45(41-5-2,42-6-3)15-7-14-39-20-25(32)19-29-22-8-10-23(11-9-22)30-31-24-12-13-27-21(16-24)17-26(43(33,34)35)18-28(27)44(36,37)38/h8-13,16-18,25,29,32H,4-7,14-15,19-20H2,1-3H3,(H,33,34,35)(H,36,37,38). The molecule has 248 valence electrons. The van der Waals surface area contributed by atoms with E-state index in [4.69, 9.17) is 18.0 Å². The van der Waals surface area contributed by atoms with Crippen molar-refractivity contribution in [3.05, 3.63) is 54.6 Å². The average Bonchev–Trinajstić information content (AvgIpc) is 2.98. The molecule has 0 saturated heterocycles. The van der Waals surface area contributed by atoms with Gasteiger partial charge < -0.3 is 28.4 Å². The van der Waals surface area contributed by atoms with Gasteiger partial charge in [-0.1, -0.05) is 6.07 Å². The van der Waals surface area contributed by atoms with Gasteiger partial charge in [-0.3, -0.25) is 9.11 Å². The SMILES string of the molecule is CCO[Si](CCCOCC(O)CNc1ccc(N=Nc2ccc3c(S(=O)(=O)O)cc(S(=O)(=O)O)cc3c2)cc1)(OCC)OCC. The molecule has 3 aromatic carbocycles. The lowest BCUT2D eigenvalue weighted by Gasteiger charge is -2.28. The summed E-state index contributed by atoms with van der Waals surface area (Å²) in [6, 6.07) is 13.4. The second kappa shape index (κ2) is 16.6.